The molecule has 4 rings (SSSR count). The molecule has 0 atom stereocenters. The average molecular weight is 516 g/mol. The van der Waals surface area contributed by atoms with Crippen LogP contribution in [0.25, 0.3) is 10.9 Å². The van der Waals surface area contributed by atoms with E-state index in [0.717, 1.165) is 27.2 Å². The molecule has 35 heavy (non-hydrogen) atoms. The monoisotopic (exact) mass is 515 g/mol. The molecule has 2 aromatic heterocycles. The van der Waals surface area contributed by atoms with Crippen molar-refractivity contribution in [2.45, 2.75) is 32.1 Å². The Morgan fingerprint density at radius 2 is 1.80 bits per heavy atom. The van der Waals surface area contributed by atoms with Gasteiger partial charge in [-0.25, -0.2) is 12.8 Å². The first-order valence-corrected chi connectivity index (χ1v) is 13.8. The van der Waals surface area contributed by atoms with Crippen LogP contribution in [-0.4, -0.2) is 45.5 Å². The quantitative estimate of drug-likeness (QED) is 0.245. The lowest BCUT2D eigenvalue weighted by molar-refractivity contribution is 0.102. The van der Waals surface area contributed by atoms with Gasteiger partial charge in [0.25, 0.3) is 0 Å². The lowest BCUT2D eigenvalue weighted by Crippen LogP contribution is -2.30. The fraction of sp³-hybridized carbons (Fsp3) is 0.292. The predicted molar refractivity (Wildman–Crippen MR) is 136 cm³/mol. The highest BCUT2D eigenvalue weighted by Crippen LogP contribution is 2.28. The number of carbonyl (C=O) groups excluding carboxylic acids is 1. The summed E-state index contributed by atoms with van der Waals surface area (Å²) in [6.45, 7) is 4.26. The number of thioether (sulfide) groups is 1. The molecule has 0 aliphatic rings. The Bertz CT molecular complexity index is 1490. The van der Waals surface area contributed by atoms with Crippen LogP contribution in [-0.2, 0) is 30.2 Å². The van der Waals surface area contributed by atoms with Gasteiger partial charge in [-0.15, -0.1) is 10.2 Å². The van der Waals surface area contributed by atoms with Crippen molar-refractivity contribution in [2.75, 3.05) is 16.3 Å². The number of Topliss-reactive ketones (excluding diaryl/α,β-unsaturated/α-hetero) is 1. The lowest BCUT2D eigenvalue weighted by atomic mass is 10.1. The second kappa shape index (κ2) is 9.82. The Morgan fingerprint density at radius 1 is 1.11 bits per heavy atom. The smallest absolute Gasteiger partial charge is 0.232 e. The zero-order valence-electron chi connectivity index (χ0n) is 19.9. The van der Waals surface area contributed by atoms with Crippen molar-refractivity contribution in [1.82, 2.24) is 19.3 Å². The van der Waals surface area contributed by atoms with Gasteiger partial charge >= 0.3 is 0 Å². The van der Waals surface area contributed by atoms with Crippen molar-refractivity contribution in [1.29, 1.82) is 0 Å². The van der Waals surface area contributed by atoms with E-state index in [4.69, 9.17) is 0 Å². The molecule has 0 aliphatic carbocycles. The number of halogens is 1. The maximum atomic E-state index is 13.4. The van der Waals surface area contributed by atoms with Crippen molar-refractivity contribution >= 4 is 44.2 Å². The Morgan fingerprint density at radius 3 is 2.46 bits per heavy atom. The van der Waals surface area contributed by atoms with Crippen LogP contribution in [0.4, 0.5) is 10.1 Å². The summed E-state index contributed by atoms with van der Waals surface area (Å²) in [6, 6.07) is 13.0. The fourth-order valence-electron chi connectivity index (χ4n) is 4.07. The molecule has 0 radical (unpaired) electrons. The third-order valence-corrected chi connectivity index (χ3v) is 8.03. The summed E-state index contributed by atoms with van der Waals surface area (Å²) in [5, 5.41) is 9.87. The highest BCUT2D eigenvalue weighted by molar-refractivity contribution is 7.99. The van der Waals surface area contributed by atoms with Crippen LogP contribution in [0.2, 0.25) is 0 Å². The third kappa shape index (κ3) is 4.96. The zero-order chi connectivity index (χ0) is 25.3. The minimum Gasteiger partial charge on any atom is -0.347 e. The van der Waals surface area contributed by atoms with Gasteiger partial charge in [0, 0.05) is 35.8 Å². The number of hydrogen-bond acceptors (Lipinski definition) is 6. The summed E-state index contributed by atoms with van der Waals surface area (Å²) < 4.78 is 43.2. The number of para-hydroxylation sites is 1. The van der Waals surface area contributed by atoms with E-state index in [0.29, 0.717) is 28.8 Å². The van der Waals surface area contributed by atoms with Gasteiger partial charge in [0.15, 0.2) is 16.8 Å². The maximum Gasteiger partial charge on any atom is 0.232 e. The van der Waals surface area contributed by atoms with E-state index >= 15 is 0 Å². The Labute approximate surface area is 207 Å². The number of anilines is 1. The van der Waals surface area contributed by atoms with Crippen molar-refractivity contribution in [3.63, 3.8) is 0 Å². The van der Waals surface area contributed by atoms with E-state index in [-0.39, 0.29) is 18.1 Å². The Hall–Kier alpha value is -3.18. The molecule has 0 bridgehead atoms. The van der Waals surface area contributed by atoms with Gasteiger partial charge in [0.1, 0.15) is 5.82 Å². The first-order valence-electron chi connectivity index (χ1n) is 11.0. The average Bonchev–Trinajstić information content (AvgIpc) is 3.33. The first kappa shape index (κ1) is 24.9. The molecule has 0 N–H and O–H groups in total. The zero-order valence-corrected chi connectivity index (χ0v) is 21.5. The normalized spacial score (nSPS) is 11.8. The van der Waals surface area contributed by atoms with Gasteiger partial charge in [0.2, 0.25) is 10.0 Å². The molecule has 0 fully saturated rings. The molecule has 0 saturated carbocycles. The predicted octanol–water partition coefficient (Wildman–Crippen LogP) is 4.18. The van der Waals surface area contributed by atoms with Crippen LogP contribution >= 0.6 is 11.8 Å². The topological polar surface area (TPSA) is 90.1 Å². The Balaban J connectivity index is 1.57. The number of aromatic nitrogens is 4. The molecular weight excluding hydrogens is 489 g/mol. The minimum atomic E-state index is -3.66. The summed E-state index contributed by atoms with van der Waals surface area (Å²) in [5.41, 5.74) is 2.92. The minimum absolute atomic E-state index is 0.0134. The standard InChI is InChI=1S/C24H26FN5O3S2/c1-5-29-22(14-30(35(4,32)33)18-12-10-17(25)11-13-18)26-27-24(29)34-15-21(31)23-16(2)28(3)20-9-7-6-8-19(20)23/h6-13H,5,14-15H2,1-4H3. The highest BCUT2D eigenvalue weighted by atomic mass is 32.2. The van der Waals surface area contributed by atoms with Crippen LogP contribution < -0.4 is 4.31 Å². The molecule has 0 aliphatic heterocycles. The van der Waals surface area contributed by atoms with Crippen LogP contribution in [0.15, 0.2) is 53.7 Å². The second-order valence-corrected chi connectivity index (χ2v) is 11.0. The number of hydrogen-bond donors (Lipinski definition) is 0. The number of carbonyl (C=O) groups is 1. The van der Waals surface area contributed by atoms with Gasteiger partial charge in [0.05, 0.1) is 24.2 Å². The molecule has 4 aromatic rings. The number of ketones is 1. The summed E-state index contributed by atoms with van der Waals surface area (Å²) in [5.74, 6) is 0.128. The summed E-state index contributed by atoms with van der Waals surface area (Å²) in [4.78, 5) is 13.2. The maximum absolute atomic E-state index is 13.4. The van der Waals surface area contributed by atoms with Gasteiger partial charge < -0.3 is 9.13 Å². The fourth-order valence-corrected chi connectivity index (χ4v) is 5.82. The molecule has 0 saturated heterocycles. The van der Waals surface area contributed by atoms with Gasteiger partial charge in [-0.2, -0.15) is 0 Å². The molecule has 2 aromatic carbocycles. The number of aryl methyl sites for hydroxylation is 1. The third-order valence-electron chi connectivity index (χ3n) is 5.92. The number of sulfonamides is 1. The van der Waals surface area contributed by atoms with E-state index < -0.39 is 15.8 Å². The van der Waals surface area contributed by atoms with E-state index in [1.807, 2.05) is 49.7 Å². The van der Waals surface area contributed by atoms with E-state index in [2.05, 4.69) is 10.2 Å². The number of fused-ring (bicyclic) bond motifs is 1. The molecule has 2 heterocycles. The molecule has 0 unspecified atom stereocenters. The number of rotatable bonds is 9. The molecular formula is C24H26FN5O3S2. The van der Waals surface area contributed by atoms with Crippen molar-refractivity contribution in [2.24, 2.45) is 7.05 Å². The lowest BCUT2D eigenvalue weighted by Gasteiger charge is -2.22. The van der Waals surface area contributed by atoms with Crippen LogP contribution in [0, 0.1) is 12.7 Å². The van der Waals surface area contributed by atoms with Crippen LogP contribution in [0.1, 0.15) is 28.8 Å². The SMILES string of the molecule is CCn1c(CN(c2ccc(F)cc2)S(C)(=O)=O)nnc1SCC(=O)c1c(C)n(C)c2ccccc12. The number of benzene rings is 2. The largest absolute Gasteiger partial charge is 0.347 e. The number of nitrogens with zero attached hydrogens (tertiary/aromatic N) is 5. The van der Waals surface area contributed by atoms with Gasteiger partial charge in [-0.3, -0.25) is 9.10 Å². The molecule has 0 amide bonds. The molecule has 0 spiro atoms. The highest BCUT2D eigenvalue weighted by Gasteiger charge is 2.23. The second-order valence-electron chi connectivity index (χ2n) is 8.14. The van der Waals surface area contributed by atoms with Crippen molar-refractivity contribution in [3.05, 3.63) is 71.4 Å². The molecule has 184 valence electrons. The van der Waals surface area contributed by atoms with E-state index in [1.54, 1.807) is 4.57 Å². The van der Waals surface area contributed by atoms with Crippen LogP contribution in [0.3, 0.4) is 0 Å². The van der Waals surface area contributed by atoms with Crippen molar-refractivity contribution in [3.8, 4) is 0 Å². The summed E-state index contributed by atoms with van der Waals surface area (Å²) >= 11 is 1.27. The molecule has 11 heteroatoms. The van der Waals surface area contributed by atoms with Gasteiger partial charge in [-0.05, 0) is 44.2 Å². The van der Waals surface area contributed by atoms with Gasteiger partial charge in [-0.1, -0.05) is 30.0 Å². The summed E-state index contributed by atoms with van der Waals surface area (Å²) in [6.07, 6.45) is 1.09. The van der Waals surface area contributed by atoms with Crippen molar-refractivity contribution < 1.29 is 17.6 Å². The Kier molecular flexibility index (Phi) is 7.00. The summed E-state index contributed by atoms with van der Waals surface area (Å²) in [7, 11) is -1.72. The molecule has 8 nitrogen and oxygen atoms in total. The first-order chi connectivity index (χ1) is 16.6. The van der Waals surface area contributed by atoms with Crippen LogP contribution in [0.5, 0.6) is 0 Å². The van der Waals surface area contributed by atoms with E-state index in [9.17, 15) is 17.6 Å². The van der Waals surface area contributed by atoms with E-state index in [1.165, 1.54) is 36.0 Å².